The molecule has 4 aromatic rings. The molecule has 1 aliphatic heterocycles. The van der Waals surface area contributed by atoms with Gasteiger partial charge in [-0.15, -0.1) is 0 Å². The molecule has 0 radical (unpaired) electrons. The van der Waals surface area contributed by atoms with Gasteiger partial charge in [0, 0.05) is 49.6 Å². The number of hydrogen-bond donors (Lipinski definition) is 2. The Kier molecular flexibility index (Phi) is 9.99. The number of aliphatic hydroxyl groups is 1. The maximum atomic E-state index is 13.3. The number of aromatic nitrogens is 1. The number of sulfonamides is 1. The van der Waals surface area contributed by atoms with Crippen LogP contribution in [0.2, 0.25) is 0 Å². The van der Waals surface area contributed by atoms with E-state index in [-0.39, 0.29) is 48.8 Å². The van der Waals surface area contributed by atoms with E-state index in [1.54, 1.807) is 53.2 Å². The number of nitrogens with zero attached hydrogens (tertiary/aromatic N) is 2. The van der Waals surface area contributed by atoms with Crippen LogP contribution >= 0.6 is 0 Å². The Morgan fingerprint density at radius 1 is 1.02 bits per heavy atom. The van der Waals surface area contributed by atoms with Crippen molar-refractivity contribution >= 4 is 38.4 Å². The second-order valence-corrected chi connectivity index (χ2v) is 12.3. The Hall–Kier alpha value is -4.49. The summed E-state index contributed by atoms with van der Waals surface area (Å²) in [6.45, 7) is 0.817. The third-order valence-corrected chi connectivity index (χ3v) is 9.40. The van der Waals surface area contributed by atoms with Gasteiger partial charge in [0.1, 0.15) is 5.75 Å². The number of methoxy groups -OCH3 is 1. The predicted molar refractivity (Wildman–Crippen MR) is 168 cm³/mol. The van der Waals surface area contributed by atoms with Gasteiger partial charge in [0.25, 0.3) is 5.91 Å². The number of rotatable bonds is 12. The lowest BCUT2D eigenvalue weighted by atomic mass is 9.92. The molecule has 0 saturated heterocycles. The number of anilines is 1. The normalized spacial score (nSPS) is 16.7. The molecule has 0 saturated carbocycles. The van der Waals surface area contributed by atoms with Crippen LogP contribution in [0.1, 0.15) is 29.6 Å². The predicted octanol–water partition coefficient (Wildman–Crippen LogP) is 4.36. The molecule has 2 atom stereocenters. The number of hydrogen-bond acceptors (Lipinski definition) is 8. The van der Waals surface area contributed by atoms with E-state index in [9.17, 15) is 23.1 Å². The van der Waals surface area contributed by atoms with Gasteiger partial charge in [-0.05, 0) is 54.1 Å². The van der Waals surface area contributed by atoms with Crippen LogP contribution in [0.3, 0.4) is 0 Å². The molecule has 3 aromatic carbocycles. The lowest BCUT2D eigenvalue weighted by molar-refractivity contribution is -0.143. The first-order valence-corrected chi connectivity index (χ1v) is 15.9. The van der Waals surface area contributed by atoms with Gasteiger partial charge in [-0.1, -0.05) is 36.4 Å². The topological polar surface area (TPSA) is 136 Å². The van der Waals surface area contributed by atoms with Crippen LogP contribution in [0.4, 0.5) is 5.69 Å². The Balaban J connectivity index is 1.38. The van der Waals surface area contributed by atoms with Gasteiger partial charge in [-0.3, -0.25) is 14.2 Å². The van der Waals surface area contributed by atoms with E-state index in [2.05, 4.69) is 5.32 Å². The van der Waals surface area contributed by atoms with Gasteiger partial charge in [0.2, 0.25) is 22.2 Å². The summed E-state index contributed by atoms with van der Waals surface area (Å²) in [7, 11) is -2.46. The van der Waals surface area contributed by atoms with Crippen molar-refractivity contribution in [1.82, 2.24) is 8.87 Å². The molecule has 2 heterocycles. The summed E-state index contributed by atoms with van der Waals surface area (Å²) in [5.41, 5.74) is 2.16. The van der Waals surface area contributed by atoms with Crippen LogP contribution in [0.5, 0.6) is 5.75 Å². The number of amides is 1. The van der Waals surface area contributed by atoms with E-state index in [4.69, 9.17) is 14.2 Å². The number of allylic oxidation sites excluding steroid dienone is 1. The number of nitrogens with one attached hydrogen (secondary N) is 1. The molecule has 5 rings (SSSR count). The first-order chi connectivity index (χ1) is 21.7. The van der Waals surface area contributed by atoms with Crippen LogP contribution in [0, 0.1) is 0 Å². The van der Waals surface area contributed by atoms with Gasteiger partial charge in [-0.2, -0.15) is 4.31 Å². The zero-order valence-electron chi connectivity index (χ0n) is 25.0. The second-order valence-electron chi connectivity index (χ2n) is 10.4. The third-order valence-electron chi connectivity index (χ3n) is 7.49. The number of benzene rings is 3. The van der Waals surface area contributed by atoms with Crippen LogP contribution < -0.4 is 10.1 Å². The van der Waals surface area contributed by atoms with Gasteiger partial charge in [0.05, 0.1) is 30.7 Å². The zero-order valence-corrected chi connectivity index (χ0v) is 25.8. The SMILES string of the molecule is COc1ccc(S(=O)(=O)N(CCO)CCO[C@H]2C[C@@H](c3cn(C(C)=O)c4ccccc34)C=C(C(=O)Nc3ccccc3)O2)cc1. The number of carbonyl (C=O) groups excluding carboxylic acids is 2. The molecular formula is C33H35N3O8S. The van der Waals surface area contributed by atoms with Crippen molar-refractivity contribution in [3.63, 3.8) is 0 Å². The number of fused-ring (bicyclic) bond motifs is 1. The summed E-state index contributed by atoms with van der Waals surface area (Å²) in [6, 6.07) is 22.4. The van der Waals surface area contributed by atoms with Crippen molar-refractivity contribution in [3.05, 3.63) is 102 Å². The second kappa shape index (κ2) is 14.1. The van der Waals surface area contributed by atoms with Gasteiger partial charge in [0.15, 0.2) is 5.76 Å². The first-order valence-electron chi connectivity index (χ1n) is 14.4. The van der Waals surface area contributed by atoms with Crippen molar-refractivity contribution in [2.45, 2.75) is 30.4 Å². The van der Waals surface area contributed by atoms with E-state index in [1.807, 2.05) is 30.3 Å². The number of ether oxygens (including phenoxy) is 3. The van der Waals surface area contributed by atoms with Gasteiger partial charge >= 0.3 is 0 Å². The highest BCUT2D eigenvalue weighted by Gasteiger charge is 2.32. The average molecular weight is 634 g/mol. The van der Waals surface area contributed by atoms with Crippen LogP contribution in [-0.2, 0) is 24.3 Å². The quantitative estimate of drug-likeness (QED) is 0.235. The molecular weight excluding hydrogens is 598 g/mol. The summed E-state index contributed by atoms with van der Waals surface area (Å²) in [5.74, 6) is -0.425. The molecule has 1 amide bonds. The molecule has 0 bridgehead atoms. The standard InChI is InChI=1S/C33H35N3O8S/c1-23(38)36-22-29(28-10-6-7-11-30(28)36)24-20-31(33(39)34-25-8-4-3-5-9-25)44-32(21-24)43-19-17-35(16-18-37)45(40,41)27-14-12-26(42-2)13-15-27/h3-15,20,22,24,32,37H,16-19,21H2,1-2H3,(H,34,39)/t24-,32+/m0/s1. The highest BCUT2D eigenvalue weighted by atomic mass is 32.2. The molecule has 0 spiro atoms. The molecule has 11 nitrogen and oxygen atoms in total. The van der Waals surface area contributed by atoms with E-state index >= 15 is 0 Å². The van der Waals surface area contributed by atoms with Crippen LogP contribution in [0.15, 0.2) is 102 Å². The summed E-state index contributed by atoms with van der Waals surface area (Å²) in [6.07, 6.45) is 2.89. The lowest BCUT2D eigenvalue weighted by Crippen LogP contribution is -2.37. The summed E-state index contributed by atoms with van der Waals surface area (Å²) in [4.78, 5) is 25.8. The van der Waals surface area contributed by atoms with E-state index in [0.29, 0.717) is 17.9 Å². The van der Waals surface area contributed by atoms with Gasteiger partial charge < -0.3 is 24.6 Å². The van der Waals surface area contributed by atoms with Crippen molar-refractivity contribution in [3.8, 4) is 5.75 Å². The van der Waals surface area contributed by atoms with Crippen LogP contribution in [-0.4, -0.2) is 73.9 Å². The molecule has 12 heteroatoms. The summed E-state index contributed by atoms with van der Waals surface area (Å²) >= 11 is 0. The summed E-state index contributed by atoms with van der Waals surface area (Å²) < 4.78 is 46.5. The minimum absolute atomic E-state index is 0.0397. The monoisotopic (exact) mass is 633 g/mol. The molecule has 0 unspecified atom stereocenters. The van der Waals surface area contributed by atoms with Gasteiger partial charge in [-0.25, -0.2) is 8.42 Å². The molecule has 45 heavy (non-hydrogen) atoms. The highest BCUT2D eigenvalue weighted by molar-refractivity contribution is 7.89. The molecule has 0 aliphatic carbocycles. The maximum Gasteiger partial charge on any atom is 0.290 e. The zero-order chi connectivity index (χ0) is 32.0. The van der Waals surface area contributed by atoms with Crippen molar-refractivity contribution in [1.29, 1.82) is 0 Å². The number of aliphatic hydroxyl groups excluding tert-OH is 1. The largest absolute Gasteiger partial charge is 0.497 e. The van der Waals surface area contributed by atoms with Crippen molar-refractivity contribution < 1.29 is 37.3 Å². The first kappa shape index (κ1) is 31.9. The minimum Gasteiger partial charge on any atom is -0.497 e. The maximum absolute atomic E-state index is 13.3. The number of carbonyl (C=O) groups is 2. The fourth-order valence-electron chi connectivity index (χ4n) is 5.26. The Labute approximate surface area is 261 Å². The van der Waals surface area contributed by atoms with E-state index in [1.165, 1.54) is 26.2 Å². The summed E-state index contributed by atoms with van der Waals surface area (Å²) in [5, 5.41) is 13.3. The fourth-order valence-corrected chi connectivity index (χ4v) is 6.67. The third kappa shape index (κ3) is 7.26. The molecule has 1 aromatic heterocycles. The minimum atomic E-state index is -3.95. The smallest absolute Gasteiger partial charge is 0.290 e. The average Bonchev–Trinajstić information content (AvgIpc) is 3.45. The van der Waals surface area contributed by atoms with Crippen molar-refractivity contribution in [2.75, 3.05) is 38.7 Å². The van der Waals surface area contributed by atoms with E-state index in [0.717, 1.165) is 20.8 Å². The molecule has 1 aliphatic rings. The molecule has 0 fully saturated rings. The van der Waals surface area contributed by atoms with E-state index < -0.39 is 22.2 Å². The highest BCUT2D eigenvalue weighted by Crippen LogP contribution is 2.36. The van der Waals surface area contributed by atoms with Crippen LogP contribution in [0.25, 0.3) is 10.9 Å². The Bertz CT molecular complexity index is 1790. The Morgan fingerprint density at radius 3 is 2.42 bits per heavy atom. The molecule has 2 N–H and O–H groups in total. The number of para-hydroxylation sites is 2. The lowest BCUT2D eigenvalue weighted by Gasteiger charge is -2.30. The Morgan fingerprint density at radius 2 is 1.73 bits per heavy atom. The molecule has 236 valence electrons. The fraction of sp³-hybridized carbons (Fsp3) is 0.273. The van der Waals surface area contributed by atoms with Crippen molar-refractivity contribution in [2.24, 2.45) is 0 Å².